The monoisotopic (exact) mass is 650 g/mol. The van der Waals surface area contributed by atoms with Crippen LogP contribution in [0.25, 0.3) is 81.7 Å². The van der Waals surface area contributed by atoms with E-state index in [0.717, 1.165) is 50.2 Å². The average molecular weight is 651 g/mol. The Morgan fingerprint density at radius 1 is 0.373 bits per heavy atom. The van der Waals surface area contributed by atoms with Gasteiger partial charge in [-0.25, -0.2) is 0 Å². The van der Waals surface area contributed by atoms with Crippen LogP contribution in [-0.2, 0) is 0 Å². The number of benzene rings is 9. The first kappa shape index (κ1) is 28.0. The number of furan rings is 1. The molecule has 51 heavy (non-hydrogen) atoms. The minimum absolute atomic E-state index is 0.868. The second kappa shape index (κ2) is 10.8. The van der Waals surface area contributed by atoms with Gasteiger partial charge in [0.2, 0.25) is 0 Å². The zero-order chi connectivity index (χ0) is 33.5. The Kier molecular flexibility index (Phi) is 5.96. The predicted octanol–water partition coefficient (Wildman–Crippen LogP) is 13.6. The van der Waals surface area contributed by atoms with Gasteiger partial charge in [0.25, 0.3) is 0 Å². The molecule has 2 aromatic heterocycles. The highest BCUT2D eigenvalue weighted by molar-refractivity contribution is 6.19. The standard InChI is InChI=1S/C48H30N2O/c1-2-12-33(13-3-1)50-44-18-8-6-15-39(44)42-17-10-19-45(48(42)50)49(35-25-28-41-40-16-7-9-20-46(40)51-47(41)30-35)34-24-21-32-23-26-37-36-14-5-4-11-31(36)22-27-38(37)43(32)29-34/h1-30H. The van der Waals surface area contributed by atoms with Gasteiger partial charge in [0.1, 0.15) is 11.2 Å². The van der Waals surface area contributed by atoms with E-state index in [4.69, 9.17) is 4.42 Å². The van der Waals surface area contributed by atoms with Gasteiger partial charge in [-0.15, -0.1) is 0 Å². The smallest absolute Gasteiger partial charge is 0.137 e. The first-order valence-corrected chi connectivity index (χ1v) is 17.4. The van der Waals surface area contributed by atoms with Crippen molar-refractivity contribution in [1.82, 2.24) is 4.57 Å². The Bertz CT molecular complexity index is 3150. The molecule has 3 nitrogen and oxygen atoms in total. The van der Waals surface area contributed by atoms with Crippen LogP contribution in [0.15, 0.2) is 186 Å². The van der Waals surface area contributed by atoms with E-state index in [-0.39, 0.29) is 0 Å². The summed E-state index contributed by atoms with van der Waals surface area (Å²) in [5.41, 5.74) is 8.42. The minimum atomic E-state index is 0.868. The Balaban J connectivity index is 1.24. The van der Waals surface area contributed by atoms with Crippen molar-refractivity contribution in [2.45, 2.75) is 0 Å². The molecule has 0 unspecified atom stereocenters. The molecule has 9 aromatic carbocycles. The number of hydrogen-bond donors (Lipinski definition) is 0. The molecule has 0 N–H and O–H groups in total. The molecule has 0 radical (unpaired) electrons. The fourth-order valence-electron chi connectivity index (χ4n) is 8.25. The van der Waals surface area contributed by atoms with E-state index in [1.807, 2.05) is 12.1 Å². The fourth-order valence-corrected chi connectivity index (χ4v) is 8.25. The molecule has 0 aliphatic rings. The summed E-state index contributed by atoms with van der Waals surface area (Å²) in [7, 11) is 0. The Labute approximate surface area is 293 Å². The van der Waals surface area contributed by atoms with E-state index in [2.05, 4.69) is 179 Å². The number of nitrogens with zero attached hydrogens (tertiary/aromatic N) is 2. The first-order valence-electron chi connectivity index (χ1n) is 17.4. The van der Waals surface area contributed by atoms with Crippen molar-refractivity contribution in [2.24, 2.45) is 0 Å². The molecule has 0 aliphatic carbocycles. The predicted molar refractivity (Wildman–Crippen MR) is 215 cm³/mol. The summed E-state index contributed by atoms with van der Waals surface area (Å²) in [6.45, 7) is 0. The van der Waals surface area contributed by atoms with Gasteiger partial charge in [-0.3, -0.25) is 0 Å². The van der Waals surface area contributed by atoms with Gasteiger partial charge in [-0.2, -0.15) is 0 Å². The number of fused-ring (bicyclic) bond motifs is 11. The molecule has 3 heteroatoms. The van der Waals surface area contributed by atoms with Crippen molar-refractivity contribution in [3.8, 4) is 5.69 Å². The highest BCUT2D eigenvalue weighted by Crippen LogP contribution is 2.45. The number of para-hydroxylation sites is 4. The maximum Gasteiger partial charge on any atom is 0.137 e. The summed E-state index contributed by atoms with van der Waals surface area (Å²) in [4.78, 5) is 2.41. The summed E-state index contributed by atoms with van der Waals surface area (Å²) in [5.74, 6) is 0. The third-order valence-corrected chi connectivity index (χ3v) is 10.5. The van der Waals surface area contributed by atoms with E-state index in [1.165, 1.54) is 48.6 Å². The summed E-state index contributed by atoms with van der Waals surface area (Å²) >= 11 is 0. The molecule has 11 aromatic rings. The lowest BCUT2D eigenvalue weighted by molar-refractivity contribution is 0.669. The molecule has 0 aliphatic heterocycles. The van der Waals surface area contributed by atoms with Crippen LogP contribution in [0, 0.1) is 0 Å². The number of aromatic nitrogens is 1. The maximum atomic E-state index is 6.48. The van der Waals surface area contributed by atoms with Crippen LogP contribution in [0.1, 0.15) is 0 Å². The molecule has 0 bridgehead atoms. The van der Waals surface area contributed by atoms with Crippen molar-refractivity contribution in [3.63, 3.8) is 0 Å². The highest BCUT2D eigenvalue weighted by atomic mass is 16.3. The SMILES string of the molecule is c1ccc(-n2c3ccccc3c3cccc(N(c4ccc5c(c4)oc4ccccc45)c4ccc5ccc6c7ccccc7ccc6c5c4)c32)cc1. The molecular weight excluding hydrogens is 621 g/mol. The Hall–Kier alpha value is -6.84. The van der Waals surface area contributed by atoms with Gasteiger partial charge in [0.05, 0.1) is 16.7 Å². The lowest BCUT2D eigenvalue weighted by atomic mass is 9.96. The van der Waals surface area contributed by atoms with Crippen LogP contribution < -0.4 is 4.90 Å². The minimum Gasteiger partial charge on any atom is -0.456 e. The van der Waals surface area contributed by atoms with E-state index in [9.17, 15) is 0 Å². The van der Waals surface area contributed by atoms with Gasteiger partial charge >= 0.3 is 0 Å². The average Bonchev–Trinajstić information content (AvgIpc) is 3.74. The maximum absolute atomic E-state index is 6.48. The molecule has 2 heterocycles. The Morgan fingerprint density at radius 3 is 1.86 bits per heavy atom. The molecule has 0 atom stereocenters. The molecule has 0 saturated carbocycles. The molecular formula is C48H30N2O. The van der Waals surface area contributed by atoms with Gasteiger partial charge in [-0.05, 0) is 86.9 Å². The molecule has 11 rings (SSSR count). The fraction of sp³-hybridized carbons (Fsp3) is 0. The van der Waals surface area contributed by atoms with Gasteiger partial charge in [-0.1, -0.05) is 121 Å². The topological polar surface area (TPSA) is 21.3 Å². The Morgan fingerprint density at radius 2 is 0.980 bits per heavy atom. The molecule has 0 fully saturated rings. The second-order valence-electron chi connectivity index (χ2n) is 13.3. The highest BCUT2D eigenvalue weighted by Gasteiger charge is 2.23. The largest absolute Gasteiger partial charge is 0.456 e. The van der Waals surface area contributed by atoms with E-state index in [0.29, 0.717) is 0 Å². The second-order valence-corrected chi connectivity index (χ2v) is 13.3. The van der Waals surface area contributed by atoms with Crippen LogP contribution >= 0.6 is 0 Å². The normalized spacial score (nSPS) is 11.9. The van der Waals surface area contributed by atoms with Gasteiger partial charge in [0.15, 0.2) is 0 Å². The third-order valence-electron chi connectivity index (χ3n) is 10.5. The van der Waals surface area contributed by atoms with E-state index in [1.54, 1.807) is 0 Å². The first-order chi connectivity index (χ1) is 25.3. The number of rotatable bonds is 4. The zero-order valence-electron chi connectivity index (χ0n) is 27.6. The van der Waals surface area contributed by atoms with Crippen LogP contribution in [-0.4, -0.2) is 4.57 Å². The van der Waals surface area contributed by atoms with Crippen LogP contribution in [0.3, 0.4) is 0 Å². The molecule has 0 saturated heterocycles. The third kappa shape index (κ3) is 4.19. The summed E-state index contributed by atoms with van der Waals surface area (Å²) < 4.78 is 8.89. The molecule has 0 amide bonds. The van der Waals surface area contributed by atoms with Crippen LogP contribution in [0.4, 0.5) is 17.1 Å². The number of hydrogen-bond acceptors (Lipinski definition) is 2. The van der Waals surface area contributed by atoms with Crippen molar-refractivity contribution < 1.29 is 4.42 Å². The van der Waals surface area contributed by atoms with Crippen LogP contribution in [0.5, 0.6) is 0 Å². The van der Waals surface area contributed by atoms with Gasteiger partial charge < -0.3 is 13.9 Å². The molecule has 238 valence electrons. The lowest BCUT2D eigenvalue weighted by Gasteiger charge is -2.27. The molecule has 0 spiro atoms. The number of anilines is 3. The summed E-state index contributed by atoms with van der Waals surface area (Å²) in [5, 5.41) is 12.1. The zero-order valence-corrected chi connectivity index (χ0v) is 27.6. The summed E-state index contributed by atoms with van der Waals surface area (Å²) in [6.07, 6.45) is 0. The van der Waals surface area contributed by atoms with E-state index >= 15 is 0 Å². The van der Waals surface area contributed by atoms with Crippen molar-refractivity contribution >= 4 is 93.1 Å². The van der Waals surface area contributed by atoms with E-state index < -0.39 is 0 Å². The van der Waals surface area contributed by atoms with Crippen molar-refractivity contribution in [3.05, 3.63) is 182 Å². The summed E-state index contributed by atoms with van der Waals surface area (Å²) in [6, 6.07) is 65.6. The van der Waals surface area contributed by atoms with Gasteiger partial charge in [0, 0.05) is 44.7 Å². The quantitative estimate of drug-likeness (QED) is 0.177. The van der Waals surface area contributed by atoms with Crippen molar-refractivity contribution in [1.29, 1.82) is 0 Å². The van der Waals surface area contributed by atoms with Crippen molar-refractivity contribution in [2.75, 3.05) is 4.90 Å². The lowest BCUT2D eigenvalue weighted by Crippen LogP contribution is -2.11. The van der Waals surface area contributed by atoms with Crippen LogP contribution in [0.2, 0.25) is 0 Å².